The Balaban J connectivity index is 1.88. The second kappa shape index (κ2) is 7.42. The van der Waals surface area contributed by atoms with Gasteiger partial charge in [-0.1, -0.05) is 48.5 Å². The summed E-state index contributed by atoms with van der Waals surface area (Å²) in [7, 11) is 0. The Morgan fingerprint density at radius 1 is 1.10 bits per heavy atom. The number of para-hydroxylation sites is 1. The van der Waals surface area contributed by atoms with Gasteiger partial charge in [0.15, 0.2) is 0 Å². The second-order valence-electron chi connectivity index (χ2n) is 6.79. The molecule has 1 amide bonds. The van der Waals surface area contributed by atoms with Gasteiger partial charge < -0.3 is 5.11 Å². The SMILES string of the molecule is O=C(c1cc(-c2ccccc2)nc2ccccc12)N1NC(=C(F)F)CC1(O)C(F)F. The number of aromatic nitrogens is 1. The summed E-state index contributed by atoms with van der Waals surface area (Å²) in [5.41, 5.74) is -0.694. The van der Waals surface area contributed by atoms with Gasteiger partial charge in [-0.2, -0.15) is 8.78 Å². The summed E-state index contributed by atoms with van der Waals surface area (Å²) in [5, 5.41) is 10.8. The third kappa shape index (κ3) is 3.26. The molecule has 1 saturated heterocycles. The van der Waals surface area contributed by atoms with Crippen molar-refractivity contribution in [2.75, 3.05) is 0 Å². The van der Waals surface area contributed by atoms with Crippen molar-refractivity contribution in [1.82, 2.24) is 15.4 Å². The normalized spacial score (nSPS) is 18.7. The van der Waals surface area contributed by atoms with Gasteiger partial charge in [-0.15, -0.1) is 0 Å². The molecule has 2 aromatic carbocycles. The van der Waals surface area contributed by atoms with E-state index in [9.17, 15) is 27.5 Å². The fraction of sp³-hybridized carbons (Fsp3) is 0.143. The van der Waals surface area contributed by atoms with Gasteiger partial charge >= 0.3 is 0 Å². The molecule has 1 atom stereocenters. The zero-order valence-corrected chi connectivity index (χ0v) is 15.3. The van der Waals surface area contributed by atoms with E-state index in [0.29, 0.717) is 22.2 Å². The van der Waals surface area contributed by atoms with Crippen molar-refractivity contribution in [3.8, 4) is 11.3 Å². The topological polar surface area (TPSA) is 65.5 Å². The third-order valence-electron chi connectivity index (χ3n) is 4.87. The van der Waals surface area contributed by atoms with Gasteiger partial charge in [-0.25, -0.2) is 18.8 Å². The summed E-state index contributed by atoms with van der Waals surface area (Å²) in [6.45, 7) is 0. The van der Waals surface area contributed by atoms with E-state index >= 15 is 0 Å². The monoisotopic (exact) mass is 417 g/mol. The average Bonchev–Trinajstić information content (AvgIpc) is 3.12. The fourth-order valence-electron chi connectivity index (χ4n) is 3.35. The molecule has 0 saturated carbocycles. The lowest BCUT2D eigenvalue weighted by atomic mass is 10.0. The Morgan fingerprint density at radius 3 is 2.43 bits per heavy atom. The van der Waals surface area contributed by atoms with Gasteiger partial charge in [0.05, 0.1) is 23.2 Å². The number of hydrogen-bond donors (Lipinski definition) is 2. The molecule has 30 heavy (non-hydrogen) atoms. The highest BCUT2D eigenvalue weighted by molar-refractivity contribution is 6.07. The molecular formula is C21H15F4N3O2. The molecule has 0 aliphatic carbocycles. The minimum Gasteiger partial charge on any atom is -0.364 e. The molecule has 5 nitrogen and oxygen atoms in total. The molecule has 2 heterocycles. The van der Waals surface area contributed by atoms with Crippen LogP contribution < -0.4 is 5.43 Å². The summed E-state index contributed by atoms with van der Waals surface area (Å²) in [5.74, 6) is -1.08. The van der Waals surface area contributed by atoms with Crippen molar-refractivity contribution in [3.63, 3.8) is 0 Å². The molecule has 0 spiro atoms. The number of pyridine rings is 1. The van der Waals surface area contributed by atoms with Crippen LogP contribution in [-0.2, 0) is 0 Å². The molecule has 2 N–H and O–H groups in total. The number of hydrazine groups is 1. The van der Waals surface area contributed by atoms with Crippen molar-refractivity contribution in [3.05, 3.63) is 78.0 Å². The molecule has 9 heteroatoms. The number of fused-ring (bicyclic) bond motifs is 1. The lowest BCUT2D eigenvalue weighted by Gasteiger charge is -2.31. The van der Waals surface area contributed by atoms with Crippen LogP contribution in [0, 0.1) is 0 Å². The first-order valence-electron chi connectivity index (χ1n) is 8.92. The minimum atomic E-state index is -3.48. The number of benzene rings is 2. The van der Waals surface area contributed by atoms with Crippen LogP contribution in [-0.4, -0.2) is 33.2 Å². The lowest BCUT2D eigenvalue weighted by molar-refractivity contribution is -0.168. The molecule has 1 aliphatic heterocycles. The number of alkyl halides is 2. The third-order valence-corrected chi connectivity index (χ3v) is 4.87. The summed E-state index contributed by atoms with van der Waals surface area (Å²) in [4.78, 5) is 17.7. The van der Waals surface area contributed by atoms with Crippen LogP contribution in [0.4, 0.5) is 17.6 Å². The largest absolute Gasteiger partial charge is 0.364 e. The smallest absolute Gasteiger partial charge is 0.291 e. The van der Waals surface area contributed by atoms with E-state index in [0.717, 1.165) is 0 Å². The molecular weight excluding hydrogens is 402 g/mol. The quantitative estimate of drug-likeness (QED) is 0.624. The van der Waals surface area contributed by atoms with Crippen LogP contribution in [0.5, 0.6) is 0 Å². The Hall–Kier alpha value is -3.46. The van der Waals surface area contributed by atoms with Gasteiger partial charge in [0.2, 0.25) is 5.72 Å². The van der Waals surface area contributed by atoms with Gasteiger partial charge in [-0.3, -0.25) is 10.2 Å². The number of aliphatic hydroxyl groups is 1. The van der Waals surface area contributed by atoms with E-state index in [1.54, 1.807) is 54.6 Å². The predicted octanol–water partition coefficient (Wildman–Crippen LogP) is 4.31. The Morgan fingerprint density at radius 2 is 1.77 bits per heavy atom. The highest BCUT2D eigenvalue weighted by atomic mass is 19.3. The van der Waals surface area contributed by atoms with E-state index < -0.39 is 36.3 Å². The van der Waals surface area contributed by atoms with E-state index in [-0.39, 0.29) is 10.6 Å². The summed E-state index contributed by atoms with van der Waals surface area (Å²) < 4.78 is 53.2. The van der Waals surface area contributed by atoms with Crippen LogP contribution in [0.1, 0.15) is 16.8 Å². The summed E-state index contributed by atoms with van der Waals surface area (Å²) in [6.07, 6.45) is -6.88. The zero-order valence-electron chi connectivity index (χ0n) is 15.3. The first kappa shape index (κ1) is 19.8. The van der Waals surface area contributed by atoms with E-state index in [2.05, 4.69) is 4.98 Å². The van der Waals surface area contributed by atoms with Crippen LogP contribution in [0.3, 0.4) is 0 Å². The Kier molecular flexibility index (Phi) is 4.90. The van der Waals surface area contributed by atoms with Gasteiger partial charge in [-0.05, 0) is 12.1 Å². The predicted molar refractivity (Wildman–Crippen MR) is 101 cm³/mol. The minimum absolute atomic E-state index is 0.0634. The van der Waals surface area contributed by atoms with Crippen molar-refractivity contribution < 1.29 is 27.5 Å². The molecule has 4 rings (SSSR count). The van der Waals surface area contributed by atoms with Crippen LogP contribution in [0.15, 0.2) is 72.4 Å². The zero-order chi connectivity index (χ0) is 21.5. The van der Waals surface area contributed by atoms with Crippen LogP contribution >= 0.6 is 0 Å². The molecule has 1 aliphatic rings. The van der Waals surface area contributed by atoms with Gasteiger partial charge in [0.1, 0.15) is 5.70 Å². The summed E-state index contributed by atoms with van der Waals surface area (Å²) in [6, 6.07) is 16.8. The van der Waals surface area contributed by atoms with Crippen molar-refractivity contribution in [1.29, 1.82) is 0 Å². The molecule has 1 aromatic heterocycles. The maximum Gasteiger partial charge on any atom is 0.291 e. The Bertz CT molecular complexity index is 1150. The number of hydrogen-bond acceptors (Lipinski definition) is 4. The second-order valence-corrected chi connectivity index (χ2v) is 6.79. The molecule has 1 unspecified atom stereocenters. The number of nitrogens with zero attached hydrogens (tertiary/aromatic N) is 2. The molecule has 1 fully saturated rings. The van der Waals surface area contributed by atoms with Crippen LogP contribution in [0.2, 0.25) is 0 Å². The van der Waals surface area contributed by atoms with Crippen molar-refractivity contribution in [2.45, 2.75) is 18.6 Å². The van der Waals surface area contributed by atoms with Crippen molar-refractivity contribution in [2.24, 2.45) is 0 Å². The van der Waals surface area contributed by atoms with Gasteiger partial charge in [0.25, 0.3) is 18.4 Å². The molecule has 0 radical (unpaired) electrons. The number of carbonyl (C=O) groups excluding carboxylic acids is 1. The van der Waals surface area contributed by atoms with Crippen molar-refractivity contribution >= 4 is 16.8 Å². The van der Waals surface area contributed by atoms with Gasteiger partial charge in [0, 0.05) is 10.9 Å². The molecule has 3 aromatic rings. The maximum absolute atomic E-state index is 13.6. The first-order chi connectivity index (χ1) is 14.3. The summed E-state index contributed by atoms with van der Waals surface area (Å²) >= 11 is 0. The van der Waals surface area contributed by atoms with E-state index in [4.69, 9.17) is 0 Å². The van der Waals surface area contributed by atoms with E-state index in [1.807, 2.05) is 5.43 Å². The highest BCUT2D eigenvalue weighted by Crippen LogP contribution is 2.36. The lowest BCUT2D eigenvalue weighted by Crippen LogP contribution is -2.55. The number of rotatable bonds is 3. The van der Waals surface area contributed by atoms with E-state index in [1.165, 1.54) is 6.07 Å². The standard InChI is InChI=1S/C21H15F4N3O2/c22-18(23)17-11-21(30,20(24)25)28(27-17)19(29)14-10-16(12-6-2-1-3-7-12)26-15-9-5-4-8-13(14)15/h1-10,20,27,30H,11H2. The average molecular weight is 417 g/mol. The fourth-order valence-corrected chi connectivity index (χ4v) is 3.35. The number of nitrogens with one attached hydrogen (secondary N) is 1. The van der Waals surface area contributed by atoms with Crippen LogP contribution in [0.25, 0.3) is 22.2 Å². The number of carbonyl (C=O) groups is 1. The first-order valence-corrected chi connectivity index (χ1v) is 8.92. The number of amides is 1. The Labute approximate surface area is 168 Å². The maximum atomic E-state index is 13.6. The molecule has 154 valence electrons. The highest BCUT2D eigenvalue weighted by Gasteiger charge is 2.53. The molecule has 0 bridgehead atoms. The number of halogens is 4.